The Labute approximate surface area is 184 Å². The summed E-state index contributed by atoms with van der Waals surface area (Å²) in [6.07, 6.45) is -1.82. The van der Waals surface area contributed by atoms with E-state index in [9.17, 15) is 9.90 Å². The number of aliphatic imine (C=N–C) groups is 1. The maximum absolute atomic E-state index is 13.3. The van der Waals surface area contributed by atoms with Crippen molar-refractivity contribution in [3.63, 3.8) is 0 Å². The molecule has 2 aromatic rings. The van der Waals surface area contributed by atoms with E-state index in [2.05, 4.69) is 0 Å². The summed E-state index contributed by atoms with van der Waals surface area (Å²) in [7, 11) is 1.55. The molecular formula is C25H32N2O4. The molecule has 0 saturated carbocycles. The molecule has 3 rings (SSSR count). The number of methoxy groups -OCH3 is 1. The van der Waals surface area contributed by atoms with Crippen LogP contribution in [0.15, 0.2) is 65.7 Å². The lowest BCUT2D eigenvalue weighted by molar-refractivity contribution is -0.00746. The van der Waals surface area contributed by atoms with Gasteiger partial charge in [-0.25, -0.2) is 9.79 Å². The summed E-state index contributed by atoms with van der Waals surface area (Å²) in [6.45, 7) is 8.14. The Morgan fingerprint density at radius 2 is 1.68 bits per heavy atom. The van der Waals surface area contributed by atoms with Crippen LogP contribution in [0.4, 0.5) is 4.79 Å². The summed E-state index contributed by atoms with van der Waals surface area (Å²) < 4.78 is 11.3. The topological polar surface area (TPSA) is 71.4 Å². The molecule has 0 bridgehead atoms. The summed E-state index contributed by atoms with van der Waals surface area (Å²) in [5.41, 5.74) is 1.30. The highest BCUT2D eigenvalue weighted by atomic mass is 16.6. The van der Waals surface area contributed by atoms with Crippen LogP contribution >= 0.6 is 0 Å². The molecule has 1 heterocycles. The zero-order chi connectivity index (χ0) is 22.6. The van der Waals surface area contributed by atoms with E-state index in [1.54, 1.807) is 12.0 Å². The summed E-state index contributed by atoms with van der Waals surface area (Å²) in [6, 6.07) is 18.5. The van der Waals surface area contributed by atoms with E-state index in [-0.39, 0.29) is 12.0 Å². The molecule has 1 aliphatic rings. The van der Waals surface area contributed by atoms with Crippen molar-refractivity contribution >= 4 is 12.0 Å². The molecule has 1 amide bonds. The second kappa shape index (κ2) is 9.52. The van der Waals surface area contributed by atoms with Gasteiger partial charge in [0, 0.05) is 11.5 Å². The number of ether oxygens (including phenoxy) is 2. The molecule has 0 saturated heterocycles. The second-order valence-electron chi connectivity index (χ2n) is 8.98. The first-order chi connectivity index (χ1) is 14.7. The molecule has 1 aliphatic heterocycles. The van der Waals surface area contributed by atoms with Crippen LogP contribution in [0.3, 0.4) is 0 Å². The Morgan fingerprint density at radius 3 is 2.23 bits per heavy atom. The van der Waals surface area contributed by atoms with Crippen LogP contribution in [0.5, 0.6) is 0 Å². The summed E-state index contributed by atoms with van der Waals surface area (Å²) in [5.74, 6) is -0.0776. The molecule has 0 unspecified atom stereocenters. The average Bonchev–Trinajstić information content (AvgIpc) is 2.77. The molecular weight excluding hydrogens is 392 g/mol. The van der Waals surface area contributed by atoms with E-state index in [1.165, 1.54) is 0 Å². The molecule has 0 radical (unpaired) electrons. The predicted molar refractivity (Wildman–Crippen MR) is 121 cm³/mol. The van der Waals surface area contributed by atoms with Crippen molar-refractivity contribution in [1.29, 1.82) is 0 Å². The summed E-state index contributed by atoms with van der Waals surface area (Å²) in [5, 5.41) is 11.2. The van der Waals surface area contributed by atoms with Gasteiger partial charge in [-0.15, -0.1) is 0 Å². The lowest BCUT2D eigenvalue weighted by Crippen LogP contribution is -2.59. The minimum atomic E-state index is -0.875. The number of amides is 1. The van der Waals surface area contributed by atoms with Crippen molar-refractivity contribution in [3.8, 4) is 0 Å². The van der Waals surface area contributed by atoms with Crippen molar-refractivity contribution in [2.75, 3.05) is 7.11 Å². The summed E-state index contributed by atoms with van der Waals surface area (Å²) >= 11 is 0. The Morgan fingerprint density at radius 1 is 1.10 bits per heavy atom. The predicted octanol–water partition coefficient (Wildman–Crippen LogP) is 4.79. The van der Waals surface area contributed by atoms with Gasteiger partial charge in [0.1, 0.15) is 12.8 Å². The fourth-order valence-electron chi connectivity index (χ4n) is 3.99. The van der Waals surface area contributed by atoms with Gasteiger partial charge in [0.25, 0.3) is 0 Å². The van der Waals surface area contributed by atoms with E-state index in [0.717, 1.165) is 11.1 Å². The van der Waals surface area contributed by atoms with Gasteiger partial charge >= 0.3 is 6.09 Å². The molecule has 31 heavy (non-hydrogen) atoms. The maximum Gasteiger partial charge on any atom is 0.412 e. The Hall–Kier alpha value is -2.86. The highest BCUT2D eigenvalue weighted by molar-refractivity contribution is 5.83. The number of hydrogen-bond acceptors (Lipinski definition) is 5. The van der Waals surface area contributed by atoms with Gasteiger partial charge in [-0.05, 0) is 18.1 Å². The van der Waals surface area contributed by atoms with Gasteiger partial charge in [-0.3, -0.25) is 4.90 Å². The van der Waals surface area contributed by atoms with Crippen LogP contribution in [0.2, 0.25) is 0 Å². The number of hydrogen-bond donors (Lipinski definition) is 1. The van der Waals surface area contributed by atoms with Gasteiger partial charge in [0.15, 0.2) is 5.90 Å². The number of benzene rings is 2. The zero-order valence-electron chi connectivity index (χ0n) is 18.9. The standard InChI is InChI=1S/C25H32N2O4/c1-17-20(21(28)19-14-10-7-11-15-19)22(30-5)26-23(25(2,3)4)27(17)24(29)31-16-18-12-8-6-9-13-18/h6-15,17,20-21,23,28H,16H2,1-5H3/t17-,20+,21-,23+/m0/s1. The van der Waals surface area contributed by atoms with Crippen LogP contribution in [0.25, 0.3) is 0 Å². The number of carbonyl (C=O) groups is 1. The third-order valence-electron chi connectivity index (χ3n) is 5.64. The molecule has 6 heteroatoms. The highest BCUT2D eigenvalue weighted by Crippen LogP contribution is 2.38. The molecule has 0 aliphatic carbocycles. The lowest BCUT2D eigenvalue weighted by Gasteiger charge is -2.47. The lowest BCUT2D eigenvalue weighted by atomic mass is 9.83. The van der Waals surface area contributed by atoms with Crippen LogP contribution in [0, 0.1) is 11.3 Å². The van der Waals surface area contributed by atoms with Crippen molar-refractivity contribution < 1.29 is 19.4 Å². The Bertz CT molecular complexity index is 893. The normalized spacial score (nSPS) is 22.5. The first kappa shape index (κ1) is 22.8. The summed E-state index contributed by atoms with van der Waals surface area (Å²) in [4.78, 5) is 19.7. The van der Waals surface area contributed by atoms with Crippen LogP contribution in [-0.4, -0.2) is 41.3 Å². The number of nitrogens with zero attached hydrogens (tertiary/aromatic N) is 2. The molecule has 6 nitrogen and oxygen atoms in total. The first-order valence-corrected chi connectivity index (χ1v) is 10.6. The molecule has 0 fully saturated rings. The Kier molecular flexibility index (Phi) is 7.01. The highest BCUT2D eigenvalue weighted by Gasteiger charge is 2.48. The van der Waals surface area contributed by atoms with E-state index >= 15 is 0 Å². The number of rotatable bonds is 4. The van der Waals surface area contributed by atoms with Gasteiger partial charge < -0.3 is 14.6 Å². The van der Waals surface area contributed by atoms with Gasteiger partial charge in [0.2, 0.25) is 0 Å². The second-order valence-corrected chi connectivity index (χ2v) is 8.98. The van der Waals surface area contributed by atoms with E-state index in [4.69, 9.17) is 14.5 Å². The monoisotopic (exact) mass is 424 g/mol. The van der Waals surface area contributed by atoms with E-state index < -0.39 is 30.3 Å². The molecule has 0 spiro atoms. The number of carbonyl (C=O) groups excluding carboxylic acids is 1. The van der Waals surface area contributed by atoms with E-state index in [0.29, 0.717) is 5.90 Å². The molecule has 2 aromatic carbocycles. The van der Waals surface area contributed by atoms with Gasteiger partial charge in [-0.1, -0.05) is 81.4 Å². The quantitative estimate of drug-likeness (QED) is 0.766. The third-order valence-corrected chi connectivity index (χ3v) is 5.64. The SMILES string of the molecule is COC1=N[C@@H](C(C)(C)C)N(C(=O)OCc2ccccc2)[C@@H](C)[C@@H]1[C@@H](O)c1ccccc1. The fraction of sp³-hybridized carbons (Fsp3) is 0.440. The zero-order valence-corrected chi connectivity index (χ0v) is 18.9. The van der Waals surface area contributed by atoms with Crippen LogP contribution in [0.1, 0.15) is 44.9 Å². The molecule has 166 valence electrons. The van der Waals surface area contributed by atoms with Gasteiger partial charge in [-0.2, -0.15) is 0 Å². The first-order valence-electron chi connectivity index (χ1n) is 10.6. The van der Waals surface area contributed by atoms with Gasteiger partial charge in [0.05, 0.1) is 19.1 Å². The average molecular weight is 425 g/mol. The molecule has 0 aromatic heterocycles. The van der Waals surface area contributed by atoms with Crippen molar-refractivity contribution in [1.82, 2.24) is 4.90 Å². The number of aliphatic hydroxyl groups excluding tert-OH is 1. The smallest absolute Gasteiger partial charge is 0.412 e. The van der Waals surface area contributed by atoms with E-state index in [1.807, 2.05) is 88.4 Å². The molecule has 4 atom stereocenters. The van der Waals surface area contributed by atoms with Crippen molar-refractivity contribution in [2.24, 2.45) is 16.3 Å². The maximum atomic E-state index is 13.3. The number of aliphatic hydroxyl groups is 1. The minimum absolute atomic E-state index is 0.173. The minimum Gasteiger partial charge on any atom is -0.484 e. The van der Waals surface area contributed by atoms with Crippen LogP contribution < -0.4 is 0 Å². The molecule has 1 N–H and O–H groups in total. The third kappa shape index (κ3) is 5.07. The Balaban J connectivity index is 1.93. The van der Waals surface area contributed by atoms with Crippen molar-refractivity contribution in [2.45, 2.75) is 52.6 Å². The largest absolute Gasteiger partial charge is 0.484 e. The van der Waals surface area contributed by atoms with Crippen molar-refractivity contribution in [3.05, 3.63) is 71.8 Å². The van der Waals surface area contributed by atoms with Crippen LogP contribution in [-0.2, 0) is 16.1 Å². The fourth-order valence-corrected chi connectivity index (χ4v) is 3.99.